The molecule has 0 spiro atoms. The number of hydrogen-bond acceptors (Lipinski definition) is 2. The molecule has 0 saturated carbocycles. The van der Waals surface area contributed by atoms with Gasteiger partial charge >= 0.3 is 0 Å². The highest BCUT2D eigenvalue weighted by Gasteiger charge is 2.14. The van der Waals surface area contributed by atoms with Gasteiger partial charge in [-0.3, -0.25) is 4.79 Å². The van der Waals surface area contributed by atoms with Crippen LogP contribution in [0.1, 0.15) is 17.7 Å². The highest BCUT2D eigenvalue weighted by Crippen LogP contribution is 2.20. The van der Waals surface area contributed by atoms with Gasteiger partial charge in [-0.2, -0.15) is 5.26 Å². The minimum Gasteiger partial charge on any atom is -0.324 e. The molecular formula is C8H5BrF2N2O. The van der Waals surface area contributed by atoms with Crippen LogP contribution in [0.25, 0.3) is 0 Å². The molecule has 1 aromatic rings. The Labute approximate surface area is 86.5 Å². The van der Waals surface area contributed by atoms with Crippen molar-refractivity contribution in [1.29, 1.82) is 5.26 Å². The summed E-state index contributed by atoms with van der Waals surface area (Å²) >= 11 is 3.00. The zero-order chi connectivity index (χ0) is 10.7. The molecule has 0 amide bonds. The molecule has 0 radical (unpaired) electrons. The van der Waals surface area contributed by atoms with Crippen LogP contribution in [0.3, 0.4) is 0 Å². The minimum atomic E-state index is -2.81. The van der Waals surface area contributed by atoms with Gasteiger partial charge in [0, 0.05) is 10.2 Å². The Hall–Kier alpha value is -1.22. The van der Waals surface area contributed by atoms with Crippen molar-refractivity contribution < 1.29 is 8.78 Å². The number of nitriles is 1. The molecule has 0 atom stereocenters. The molecule has 1 heterocycles. The zero-order valence-electron chi connectivity index (χ0n) is 6.85. The normalized spacial score (nSPS) is 10.2. The second-order valence-corrected chi connectivity index (χ2v) is 3.37. The summed E-state index contributed by atoms with van der Waals surface area (Å²) in [5.41, 5.74) is -1.14. The molecule has 0 saturated heterocycles. The molecule has 1 N–H and O–H groups in total. The number of nitrogens with zero attached hydrogens (tertiary/aromatic N) is 1. The number of aromatic amines is 1. The molecule has 0 fully saturated rings. The van der Waals surface area contributed by atoms with E-state index in [1.807, 2.05) is 6.07 Å². The second kappa shape index (κ2) is 4.33. The van der Waals surface area contributed by atoms with Gasteiger partial charge in [-0.25, -0.2) is 8.78 Å². The van der Waals surface area contributed by atoms with E-state index < -0.39 is 17.5 Å². The third-order valence-corrected chi connectivity index (χ3v) is 2.30. The summed E-state index contributed by atoms with van der Waals surface area (Å²) in [6, 6.07) is 2.85. The first-order valence-corrected chi connectivity index (χ1v) is 4.42. The van der Waals surface area contributed by atoms with Crippen LogP contribution in [0.2, 0.25) is 0 Å². The summed E-state index contributed by atoms with van der Waals surface area (Å²) in [5.74, 6) is 0. The van der Waals surface area contributed by atoms with E-state index in [4.69, 9.17) is 5.26 Å². The maximum absolute atomic E-state index is 12.2. The molecule has 1 aromatic heterocycles. The van der Waals surface area contributed by atoms with Crippen molar-refractivity contribution in [3.8, 4) is 6.07 Å². The Morgan fingerprint density at radius 2 is 2.29 bits per heavy atom. The third-order valence-electron chi connectivity index (χ3n) is 1.59. The Balaban J connectivity index is 3.26. The van der Waals surface area contributed by atoms with Crippen LogP contribution in [0.4, 0.5) is 8.78 Å². The van der Waals surface area contributed by atoms with E-state index >= 15 is 0 Å². The summed E-state index contributed by atoms with van der Waals surface area (Å²) < 4.78 is 24.8. The van der Waals surface area contributed by atoms with Gasteiger partial charge in [0.2, 0.25) is 0 Å². The lowest BCUT2D eigenvalue weighted by Crippen LogP contribution is -2.15. The molecule has 6 heteroatoms. The van der Waals surface area contributed by atoms with Gasteiger partial charge in [-0.15, -0.1) is 0 Å². The molecule has 0 aliphatic carbocycles. The number of nitrogens with one attached hydrogen (secondary N) is 1. The van der Waals surface area contributed by atoms with Crippen LogP contribution in [-0.2, 0) is 6.42 Å². The van der Waals surface area contributed by atoms with Crippen LogP contribution in [-0.4, -0.2) is 4.98 Å². The van der Waals surface area contributed by atoms with Gasteiger partial charge in [-0.1, -0.05) is 0 Å². The summed E-state index contributed by atoms with van der Waals surface area (Å²) in [5, 5.41) is 8.37. The van der Waals surface area contributed by atoms with E-state index in [0.29, 0.717) is 10.2 Å². The fourth-order valence-corrected chi connectivity index (χ4v) is 1.41. The average molecular weight is 263 g/mol. The lowest BCUT2D eigenvalue weighted by molar-refractivity contribution is 0.149. The van der Waals surface area contributed by atoms with Crippen LogP contribution < -0.4 is 5.56 Å². The Bertz CT molecular complexity index is 436. The highest BCUT2D eigenvalue weighted by atomic mass is 79.9. The molecule has 0 unspecified atom stereocenters. The Morgan fingerprint density at radius 3 is 2.79 bits per heavy atom. The minimum absolute atomic E-state index is 0.0284. The average Bonchev–Trinajstić information content (AvgIpc) is 2.10. The second-order valence-electron chi connectivity index (χ2n) is 2.52. The molecule has 1 rings (SSSR count). The molecule has 74 valence electrons. The monoisotopic (exact) mass is 262 g/mol. The first-order valence-electron chi connectivity index (χ1n) is 3.63. The quantitative estimate of drug-likeness (QED) is 0.888. The predicted octanol–water partition coefficient (Wildman–Crippen LogP) is 2.14. The van der Waals surface area contributed by atoms with Crippen LogP contribution >= 0.6 is 15.9 Å². The Morgan fingerprint density at radius 1 is 1.64 bits per heavy atom. The van der Waals surface area contributed by atoms with Crippen molar-refractivity contribution in [2.75, 3.05) is 0 Å². The van der Waals surface area contributed by atoms with Crippen molar-refractivity contribution in [1.82, 2.24) is 4.98 Å². The van der Waals surface area contributed by atoms with E-state index in [-0.39, 0.29) is 6.42 Å². The first kappa shape index (κ1) is 10.9. The van der Waals surface area contributed by atoms with Gasteiger partial charge in [0.15, 0.2) is 0 Å². The molecule has 0 aromatic carbocycles. The number of aromatic nitrogens is 1. The number of halogens is 3. The fraction of sp³-hybridized carbons (Fsp3) is 0.250. The number of rotatable bonds is 2. The summed E-state index contributed by atoms with van der Waals surface area (Å²) in [6.45, 7) is 0. The van der Waals surface area contributed by atoms with Crippen molar-refractivity contribution >= 4 is 15.9 Å². The van der Waals surface area contributed by atoms with E-state index in [9.17, 15) is 13.6 Å². The largest absolute Gasteiger partial charge is 0.324 e. The summed E-state index contributed by atoms with van der Waals surface area (Å²) in [6.07, 6.45) is -2.84. The van der Waals surface area contributed by atoms with Gasteiger partial charge < -0.3 is 4.98 Å². The summed E-state index contributed by atoms with van der Waals surface area (Å²) in [4.78, 5) is 13.3. The third kappa shape index (κ3) is 2.17. The van der Waals surface area contributed by atoms with Crippen LogP contribution in [0.15, 0.2) is 15.3 Å². The molecule has 14 heavy (non-hydrogen) atoms. The number of H-pyrrole nitrogens is 1. The highest BCUT2D eigenvalue weighted by molar-refractivity contribution is 9.10. The maximum Gasteiger partial charge on any atom is 0.269 e. The smallest absolute Gasteiger partial charge is 0.269 e. The van der Waals surface area contributed by atoms with Crippen molar-refractivity contribution in [3.63, 3.8) is 0 Å². The van der Waals surface area contributed by atoms with Crippen LogP contribution in [0, 0.1) is 11.3 Å². The van der Waals surface area contributed by atoms with E-state index in [1.165, 1.54) is 0 Å². The van der Waals surface area contributed by atoms with Crippen molar-refractivity contribution in [3.05, 3.63) is 32.2 Å². The molecule has 3 nitrogen and oxygen atoms in total. The van der Waals surface area contributed by atoms with Crippen LogP contribution in [0.5, 0.6) is 0 Å². The number of pyridine rings is 1. The van der Waals surface area contributed by atoms with E-state index in [2.05, 4.69) is 20.9 Å². The molecule has 0 bridgehead atoms. The SMILES string of the molecule is N#CCc1[nH]c(=O)c(C(F)F)cc1Br. The molecule has 0 aliphatic heterocycles. The number of hydrogen-bond donors (Lipinski definition) is 1. The van der Waals surface area contributed by atoms with Gasteiger partial charge in [-0.05, 0) is 22.0 Å². The molecular weight excluding hydrogens is 258 g/mol. The first-order chi connectivity index (χ1) is 6.56. The lowest BCUT2D eigenvalue weighted by Gasteiger charge is -2.03. The Kier molecular flexibility index (Phi) is 3.36. The van der Waals surface area contributed by atoms with Gasteiger partial charge in [0.1, 0.15) is 0 Å². The van der Waals surface area contributed by atoms with Crippen molar-refractivity contribution in [2.45, 2.75) is 12.8 Å². The van der Waals surface area contributed by atoms with Gasteiger partial charge in [0.05, 0.1) is 18.1 Å². The lowest BCUT2D eigenvalue weighted by atomic mass is 10.2. The van der Waals surface area contributed by atoms with Crippen molar-refractivity contribution in [2.24, 2.45) is 0 Å². The molecule has 0 aliphatic rings. The fourth-order valence-electron chi connectivity index (χ4n) is 0.928. The predicted molar refractivity (Wildman–Crippen MR) is 49.0 cm³/mol. The topological polar surface area (TPSA) is 56.6 Å². The van der Waals surface area contributed by atoms with Gasteiger partial charge in [0.25, 0.3) is 12.0 Å². The van der Waals surface area contributed by atoms with E-state index in [1.54, 1.807) is 0 Å². The zero-order valence-corrected chi connectivity index (χ0v) is 8.44. The standard InChI is InChI=1S/C8H5BrF2N2O/c9-5-3-4(7(10)11)8(14)13-6(5)1-2-12/h3,7H,1H2,(H,13,14). The summed E-state index contributed by atoms with van der Waals surface area (Å²) in [7, 11) is 0. The number of alkyl halides is 2. The van der Waals surface area contributed by atoms with E-state index in [0.717, 1.165) is 6.07 Å². The maximum atomic E-state index is 12.2.